The number of hydrogen-bond acceptors (Lipinski definition) is 2. The molecule has 0 radical (unpaired) electrons. The zero-order valence-electron chi connectivity index (χ0n) is 9.90. The van der Waals surface area contributed by atoms with Crippen LogP contribution in [0.25, 0.3) is 0 Å². The monoisotopic (exact) mass is 231 g/mol. The van der Waals surface area contributed by atoms with E-state index in [9.17, 15) is 4.39 Å². The van der Waals surface area contributed by atoms with Gasteiger partial charge in [-0.25, -0.2) is 4.39 Å². The lowest BCUT2D eigenvalue weighted by atomic mass is 10.2. The smallest absolute Gasteiger partial charge is 0.165 e. The Morgan fingerprint density at radius 2 is 1.94 bits per heavy atom. The molecule has 0 N–H and O–H groups in total. The summed E-state index contributed by atoms with van der Waals surface area (Å²) in [4.78, 5) is 4.06. The first-order valence-electron chi connectivity index (χ1n) is 5.44. The van der Waals surface area contributed by atoms with E-state index in [1.807, 2.05) is 19.9 Å². The van der Waals surface area contributed by atoms with Gasteiger partial charge in [-0.1, -0.05) is 6.07 Å². The summed E-state index contributed by atoms with van der Waals surface area (Å²) in [5.41, 5.74) is 2.98. The molecule has 0 aliphatic rings. The van der Waals surface area contributed by atoms with Gasteiger partial charge in [-0.3, -0.25) is 4.98 Å². The Hall–Kier alpha value is -1.90. The first kappa shape index (κ1) is 11.6. The van der Waals surface area contributed by atoms with Gasteiger partial charge in [-0.05, 0) is 43.2 Å². The van der Waals surface area contributed by atoms with Gasteiger partial charge in [-0.15, -0.1) is 0 Å². The normalized spacial score (nSPS) is 10.3. The highest BCUT2D eigenvalue weighted by atomic mass is 19.1. The van der Waals surface area contributed by atoms with Crippen LogP contribution in [-0.2, 0) is 6.61 Å². The van der Waals surface area contributed by atoms with Crippen molar-refractivity contribution in [3.05, 3.63) is 59.2 Å². The van der Waals surface area contributed by atoms with E-state index >= 15 is 0 Å². The molecule has 0 fully saturated rings. The average Bonchev–Trinajstić information content (AvgIpc) is 2.30. The van der Waals surface area contributed by atoms with Gasteiger partial charge in [-0.2, -0.15) is 0 Å². The average molecular weight is 231 g/mol. The number of pyridine rings is 1. The molecule has 1 aromatic heterocycles. The van der Waals surface area contributed by atoms with E-state index in [1.54, 1.807) is 24.5 Å². The molecule has 2 rings (SSSR count). The maximum Gasteiger partial charge on any atom is 0.165 e. The van der Waals surface area contributed by atoms with Gasteiger partial charge >= 0.3 is 0 Å². The molecule has 0 saturated heterocycles. The molecule has 0 aliphatic heterocycles. The summed E-state index contributed by atoms with van der Waals surface area (Å²) in [5.74, 6) is -0.0530. The third kappa shape index (κ3) is 3.03. The van der Waals surface area contributed by atoms with Crippen molar-refractivity contribution in [2.75, 3.05) is 0 Å². The highest BCUT2D eigenvalue weighted by Crippen LogP contribution is 2.19. The van der Waals surface area contributed by atoms with Crippen LogP contribution in [0.4, 0.5) is 4.39 Å². The number of aromatic nitrogens is 1. The lowest BCUT2D eigenvalue weighted by Crippen LogP contribution is -1.98. The Morgan fingerprint density at radius 3 is 2.71 bits per heavy atom. The van der Waals surface area contributed by atoms with Crippen LogP contribution in [0.1, 0.15) is 16.7 Å². The third-order valence-electron chi connectivity index (χ3n) is 2.41. The minimum atomic E-state index is -0.337. The molecule has 0 saturated carbocycles. The predicted molar refractivity (Wildman–Crippen MR) is 64.4 cm³/mol. The number of rotatable bonds is 3. The van der Waals surface area contributed by atoms with Gasteiger partial charge in [0, 0.05) is 18.0 Å². The van der Waals surface area contributed by atoms with Crippen LogP contribution in [0.15, 0.2) is 36.7 Å². The Kier molecular flexibility index (Phi) is 3.38. The highest BCUT2D eigenvalue weighted by molar-refractivity contribution is 5.29. The zero-order valence-corrected chi connectivity index (χ0v) is 9.90. The number of benzene rings is 1. The van der Waals surface area contributed by atoms with Crippen molar-refractivity contribution >= 4 is 0 Å². The fourth-order valence-electron chi connectivity index (χ4n) is 1.58. The molecule has 0 spiro atoms. The van der Waals surface area contributed by atoms with Crippen molar-refractivity contribution in [2.45, 2.75) is 20.5 Å². The van der Waals surface area contributed by atoms with Crippen LogP contribution in [-0.4, -0.2) is 4.98 Å². The molecule has 0 atom stereocenters. The lowest BCUT2D eigenvalue weighted by molar-refractivity contribution is 0.289. The summed E-state index contributed by atoms with van der Waals surface area (Å²) in [6, 6.07) is 6.80. The van der Waals surface area contributed by atoms with Crippen LogP contribution in [0.3, 0.4) is 0 Å². The maximum atomic E-state index is 13.4. The van der Waals surface area contributed by atoms with Gasteiger partial charge in [0.2, 0.25) is 0 Å². The second-order valence-corrected chi connectivity index (χ2v) is 4.09. The van der Waals surface area contributed by atoms with Gasteiger partial charge in [0.25, 0.3) is 0 Å². The fraction of sp³-hybridized carbons (Fsp3) is 0.214. The van der Waals surface area contributed by atoms with E-state index in [1.165, 1.54) is 6.07 Å². The van der Waals surface area contributed by atoms with Crippen molar-refractivity contribution in [1.82, 2.24) is 4.98 Å². The van der Waals surface area contributed by atoms with E-state index in [4.69, 9.17) is 4.74 Å². The third-order valence-corrected chi connectivity index (χ3v) is 2.41. The fourth-order valence-corrected chi connectivity index (χ4v) is 1.58. The highest BCUT2D eigenvalue weighted by Gasteiger charge is 2.03. The Balaban J connectivity index is 2.09. The summed E-state index contributed by atoms with van der Waals surface area (Å²) in [7, 11) is 0. The number of halogens is 1. The maximum absolute atomic E-state index is 13.4. The standard InChI is InChI=1S/C14H14FNO/c1-10-3-4-13(15)14(6-10)17-9-12-5-11(2)7-16-8-12/h3-8H,9H2,1-2H3. The first-order chi connectivity index (χ1) is 8.15. The van der Waals surface area contributed by atoms with Crippen LogP contribution < -0.4 is 4.74 Å². The van der Waals surface area contributed by atoms with Gasteiger partial charge in [0.05, 0.1) is 0 Å². The van der Waals surface area contributed by atoms with E-state index in [0.29, 0.717) is 6.61 Å². The largest absolute Gasteiger partial charge is 0.486 e. The molecule has 0 aliphatic carbocycles. The molecule has 1 aromatic carbocycles. The van der Waals surface area contributed by atoms with E-state index in [-0.39, 0.29) is 11.6 Å². The van der Waals surface area contributed by atoms with Crippen molar-refractivity contribution < 1.29 is 9.13 Å². The molecule has 0 bridgehead atoms. The molecule has 88 valence electrons. The number of nitrogens with zero attached hydrogens (tertiary/aromatic N) is 1. The molecule has 1 heterocycles. The summed E-state index contributed by atoms with van der Waals surface area (Å²) in [5, 5.41) is 0. The van der Waals surface area contributed by atoms with Crippen molar-refractivity contribution in [3.63, 3.8) is 0 Å². The van der Waals surface area contributed by atoms with Crippen molar-refractivity contribution in [1.29, 1.82) is 0 Å². The molecule has 3 heteroatoms. The molecular formula is C14H14FNO. The van der Waals surface area contributed by atoms with Crippen LogP contribution in [0, 0.1) is 19.7 Å². The van der Waals surface area contributed by atoms with Crippen LogP contribution >= 0.6 is 0 Å². The molecule has 2 aromatic rings. The van der Waals surface area contributed by atoms with Crippen LogP contribution in [0.5, 0.6) is 5.75 Å². The number of aryl methyl sites for hydroxylation is 2. The quantitative estimate of drug-likeness (QED) is 0.807. The summed E-state index contributed by atoms with van der Waals surface area (Å²) < 4.78 is 18.9. The van der Waals surface area contributed by atoms with Crippen molar-refractivity contribution in [2.24, 2.45) is 0 Å². The predicted octanol–water partition coefficient (Wildman–Crippen LogP) is 3.42. The molecule has 0 unspecified atom stereocenters. The second kappa shape index (κ2) is 4.95. The Morgan fingerprint density at radius 1 is 1.12 bits per heavy atom. The van der Waals surface area contributed by atoms with E-state index in [0.717, 1.165) is 16.7 Å². The number of hydrogen-bond donors (Lipinski definition) is 0. The van der Waals surface area contributed by atoms with Gasteiger partial charge < -0.3 is 4.74 Å². The van der Waals surface area contributed by atoms with E-state index < -0.39 is 0 Å². The molecule has 0 amide bonds. The Labute approximate surface area is 100 Å². The summed E-state index contributed by atoms with van der Waals surface area (Å²) >= 11 is 0. The first-order valence-corrected chi connectivity index (χ1v) is 5.44. The van der Waals surface area contributed by atoms with Crippen molar-refractivity contribution in [3.8, 4) is 5.75 Å². The van der Waals surface area contributed by atoms with Crippen LogP contribution in [0.2, 0.25) is 0 Å². The Bertz CT molecular complexity index is 525. The minimum Gasteiger partial charge on any atom is -0.486 e. The molecule has 17 heavy (non-hydrogen) atoms. The van der Waals surface area contributed by atoms with E-state index in [2.05, 4.69) is 4.98 Å². The molecular weight excluding hydrogens is 217 g/mol. The van der Waals surface area contributed by atoms with Gasteiger partial charge in [0.1, 0.15) is 6.61 Å². The summed E-state index contributed by atoms with van der Waals surface area (Å²) in [6.45, 7) is 4.19. The zero-order chi connectivity index (χ0) is 12.3. The topological polar surface area (TPSA) is 22.1 Å². The lowest BCUT2D eigenvalue weighted by Gasteiger charge is -2.08. The molecule has 2 nitrogen and oxygen atoms in total. The minimum absolute atomic E-state index is 0.284. The number of ether oxygens (including phenoxy) is 1. The second-order valence-electron chi connectivity index (χ2n) is 4.09. The SMILES string of the molecule is Cc1cncc(COc2cc(C)ccc2F)c1. The van der Waals surface area contributed by atoms with Gasteiger partial charge in [0.15, 0.2) is 11.6 Å². The summed E-state index contributed by atoms with van der Waals surface area (Å²) in [6.07, 6.45) is 3.50.